The molecule has 0 aliphatic rings. The van der Waals surface area contributed by atoms with Gasteiger partial charge in [0.05, 0.1) is 13.2 Å². The van der Waals surface area contributed by atoms with Gasteiger partial charge in [0.1, 0.15) is 0 Å². The molecule has 112 valence electrons. The molecule has 0 aliphatic heterocycles. The van der Waals surface area contributed by atoms with Crippen LogP contribution in [0.15, 0.2) is 18.2 Å². The lowest BCUT2D eigenvalue weighted by Gasteiger charge is -2.25. The number of rotatable bonds is 7. The first-order valence-electron chi connectivity index (χ1n) is 6.06. The van der Waals surface area contributed by atoms with Gasteiger partial charge in [-0.25, -0.2) is 0 Å². The van der Waals surface area contributed by atoms with Gasteiger partial charge in [0.15, 0.2) is 5.11 Å². The van der Waals surface area contributed by atoms with E-state index < -0.39 is 0 Å². The lowest BCUT2D eigenvalue weighted by atomic mass is 10.3. The van der Waals surface area contributed by atoms with Gasteiger partial charge >= 0.3 is 0 Å². The zero-order valence-electron chi connectivity index (χ0n) is 11.5. The Labute approximate surface area is 134 Å². The van der Waals surface area contributed by atoms with Crippen LogP contribution >= 0.6 is 35.4 Å². The Morgan fingerprint density at radius 2 is 1.60 bits per heavy atom. The zero-order chi connectivity index (χ0) is 15.0. The van der Waals surface area contributed by atoms with Gasteiger partial charge < -0.3 is 19.7 Å². The molecule has 0 aromatic heterocycles. The summed E-state index contributed by atoms with van der Waals surface area (Å²) < 4.78 is 10.2. The average Bonchev–Trinajstić information content (AvgIpc) is 2.37. The minimum Gasteiger partial charge on any atom is -0.383 e. The van der Waals surface area contributed by atoms with Crippen LogP contribution in [0.25, 0.3) is 0 Å². The van der Waals surface area contributed by atoms with E-state index in [-0.39, 0.29) is 0 Å². The number of benzene rings is 1. The summed E-state index contributed by atoms with van der Waals surface area (Å²) in [5.74, 6) is 0. The van der Waals surface area contributed by atoms with Crippen molar-refractivity contribution in [2.24, 2.45) is 0 Å². The molecule has 0 spiro atoms. The zero-order valence-corrected chi connectivity index (χ0v) is 13.8. The van der Waals surface area contributed by atoms with E-state index in [1.165, 1.54) is 0 Å². The molecule has 4 nitrogen and oxygen atoms in total. The van der Waals surface area contributed by atoms with E-state index in [2.05, 4.69) is 5.32 Å². The second-order valence-corrected chi connectivity index (χ2v) is 5.32. The molecule has 7 heteroatoms. The molecule has 0 fully saturated rings. The summed E-state index contributed by atoms with van der Waals surface area (Å²) in [6, 6.07) is 5.21. The van der Waals surface area contributed by atoms with E-state index in [0.29, 0.717) is 41.5 Å². The molecule has 0 bridgehead atoms. The first-order valence-corrected chi connectivity index (χ1v) is 7.23. The number of methoxy groups -OCH3 is 2. The molecule has 0 aliphatic carbocycles. The predicted octanol–water partition coefficient (Wildman–Crippen LogP) is 3.29. The van der Waals surface area contributed by atoms with Gasteiger partial charge in [-0.15, -0.1) is 0 Å². The topological polar surface area (TPSA) is 33.7 Å². The summed E-state index contributed by atoms with van der Waals surface area (Å²) in [4.78, 5) is 1.97. The van der Waals surface area contributed by atoms with Crippen molar-refractivity contribution < 1.29 is 9.47 Å². The van der Waals surface area contributed by atoms with Crippen molar-refractivity contribution in [3.05, 3.63) is 28.2 Å². The van der Waals surface area contributed by atoms with E-state index in [9.17, 15) is 0 Å². The highest BCUT2D eigenvalue weighted by molar-refractivity contribution is 7.80. The number of hydrogen-bond acceptors (Lipinski definition) is 3. The smallest absolute Gasteiger partial charge is 0.173 e. The van der Waals surface area contributed by atoms with Crippen molar-refractivity contribution >= 4 is 46.2 Å². The van der Waals surface area contributed by atoms with E-state index in [1.54, 1.807) is 32.4 Å². The monoisotopic (exact) mass is 336 g/mol. The Kier molecular flexibility index (Phi) is 8.18. The second kappa shape index (κ2) is 9.37. The number of thiocarbonyl (C=S) groups is 1. The Hall–Kier alpha value is -0.590. The number of halogens is 2. The summed E-state index contributed by atoms with van der Waals surface area (Å²) in [6.07, 6.45) is 0. The quantitative estimate of drug-likeness (QED) is 0.772. The maximum Gasteiger partial charge on any atom is 0.173 e. The fourth-order valence-corrected chi connectivity index (χ4v) is 2.37. The van der Waals surface area contributed by atoms with Crippen LogP contribution in [0.3, 0.4) is 0 Å². The summed E-state index contributed by atoms with van der Waals surface area (Å²) in [5, 5.41) is 4.82. The highest BCUT2D eigenvalue weighted by atomic mass is 35.5. The molecule has 20 heavy (non-hydrogen) atoms. The minimum absolute atomic E-state index is 0.558. The van der Waals surface area contributed by atoms with Gasteiger partial charge in [0.2, 0.25) is 0 Å². The Morgan fingerprint density at radius 1 is 1.10 bits per heavy atom. The minimum atomic E-state index is 0.558. The largest absolute Gasteiger partial charge is 0.383 e. The molecular weight excluding hydrogens is 319 g/mol. The summed E-state index contributed by atoms with van der Waals surface area (Å²) in [6.45, 7) is 2.53. The number of nitrogens with one attached hydrogen (secondary N) is 1. The van der Waals surface area contributed by atoms with E-state index in [1.807, 2.05) is 4.90 Å². The third kappa shape index (κ3) is 6.24. The SMILES string of the molecule is COCCN(CCOC)C(=S)Nc1cc(Cl)cc(Cl)c1. The molecule has 1 rings (SSSR count). The Morgan fingerprint density at radius 3 is 2.05 bits per heavy atom. The Balaban J connectivity index is 2.68. The van der Waals surface area contributed by atoms with E-state index in [0.717, 1.165) is 5.69 Å². The van der Waals surface area contributed by atoms with Crippen molar-refractivity contribution in [1.82, 2.24) is 4.90 Å². The molecule has 0 atom stereocenters. The fraction of sp³-hybridized carbons (Fsp3) is 0.462. The van der Waals surface area contributed by atoms with Gasteiger partial charge in [-0.3, -0.25) is 0 Å². The van der Waals surface area contributed by atoms with Crippen LogP contribution < -0.4 is 5.32 Å². The molecule has 0 heterocycles. The lowest BCUT2D eigenvalue weighted by Crippen LogP contribution is -2.39. The highest BCUT2D eigenvalue weighted by Gasteiger charge is 2.10. The van der Waals surface area contributed by atoms with Crippen LogP contribution in [-0.2, 0) is 9.47 Å². The van der Waals surface area contributed by atoms with Crippen molar-refractivity contribution in [3.63, 3.8) is 0 Å². The van der Waals surface area contributed by atoms with Gasteiger partial charge in [-0.05, 0) is 30.4 Å². The van der Waals surface area contributed by atoms with E-state index in [4.69, 9.17) is 44.9 Å². The summed E-state index contributed by atoms with van der Waals surface area (Å²) in [7, 11) is 3.31. The second-order valence-electron chi connectivity index (χ2n) is 4.06. The molecule has 1 N–H and O–H groups in total. The number of ether oxygens (including phenoxy) is 2. The van der Waals surface area contributed by atoms with E-state index >= 15 is 0 Å². The van der Waals surface area contributed by atoms with Crippen LogP contribution in [0.1, 0.15) is 0 Å². The molecule has 1 aromatic rings. The first kappa shape index (κ1) is 17.5. The van der Waals surface area contributed by atoms with Crippen molar-refractivity contribution in [1.29, 1.82) is 0 Å². The van der Waals surface area contributed by atoms with Gasteiger partial charge in [0, 0.05) is 43.0 Å². The van der Waals surface area contributed by atoms with Gasteiger partial charge in [-0.2, -0.15) is 0 Å². The fourth-order valence-electron chi connectivity index (χ4n) is 1.55. The number of hydrogen-bond donors (Lipinski definition) is 1. The molecular formula is C13H18Cl2N2O2S. The van der Waals surface area contributed by atoms with Crippen LogP contribution in [0.4, 0.5) is 5.69 Å². The molecule has 0 amide bonds. The summed E-state index contributed by atoms with van der Waals surface area (Å²) >= 11 is 17.3. The normalized spacial score (nSPS) is 10.4. The number of nitrogens with zero attached hydrogens (tertiary/aromatic N) is 1. The molecule has 0 radical (unpaired) electrons. The molecule has 0 saturated heterocycles. The van der Waals surface area contributed by atoms with Crippen LogP contribution in [0.2, 0.25) is 10.0 Å². The maximum atomic E-state index is 5.96. The molecule has 0 unspecified atom stereocenters. The predicted molar refractivity (Wildman–Crippen MR) is 88.0 cm³/mol. The number of anilines is 1. The maximum absolute atomic E-state index is 5.96. The highest BCUT2D eigenvalue weighted by Crippen LogP contribution is 2.22. The van der Waals surface area contributed by atoms with Crippen molar-refractivity contribution in [2.75, 3.05) is 45.8 Å². The van der Waals surface area contributed by atoms with Crippen molar-refractivity contribution in [2.45, 2.75) is 0 Å². The third-order valence-electron chi connectivity index (χ3n) is 2.53. The van der Waals surface area contributed by atoms with Crippen LogP contribution in [-0.4, -0.2) is 50.5 Å². The lowest BCUT2D eigenvalue weighted by molar-refractivity contribution is 0.147. The Bertz CT molecular complexity index is 418. The van der Waals surface area contributed by atoms with Crippen molar-refractivity contribution in [3.8, 4) is 0 Å². The van der Waals surface area contributed by atoms with Crippen LogP contribution in [0.5, 0.6) is 0 Å². The summed E-state index contributed by atoms with van der Waals surface area (Å²) in [5.41, 5.74) is 0.757. The molecule has 1 aromatic carbocycles. The third-order valence-corrected chi connectivity index (χ3v) is 3.33. The van der Waals surface area contributed by atoms with Gasteiger partial charge in [-0.1, -0.05) is 23.2 Å². The standard InChI is InChI=1S/C13H18Cl2N2O2S/c1-18-5-3-17(4-6-19-2)13(20)16-12-8-10(14)7-11(15)9-12/h7-9H,3-6H2,1-2H3,(H,16,20). The van der Waals surface area contributed by atoms with Crippen LogP contribution in [0, 0.1) is 0 Å². The average molecular weight is 337 g/mol. The van der Waals surface area contributed by atoms with Gasteiger partial charge in [0.25, 0.3) is 0 Å². The first-order chi connectivity index (χ1) is 9.56. The molecule has 0 saturated carbocycles.